The summed E-state index contributed by atoms with van der Waals surface area (Å²) in [5.74, 6) is 0.0227. The van der Waals surface area contributed by atoms with E-state index in [9.17, 15) is 4.79 Å². The van der Waals surface area contributed by atoms with Crippen LogP contribution in [-0.4, -0.2) is 66.0 Å². The van der Waals surface area contributed by atoms with Crippen molar-refractivity contribution >= 4 is 53.2 Å². The van der Waals surface area contributed by atoms with E-state index < -0.39 is 0 Å². The Kier molecular flexibility index (Phi) is 7.50. The number of piperazine rings is 1. The molecule has 2 aliphatic heterocycles. The van der Waals surface area contributed by atoms with Crippen molar-refractivity contribution < 1.29 is 4.79 Å². The topological polar surface area (TPSA) is 48.5 Å². The number of fused-ring (bicyclic) bond motifs is 1. The number of hydrogen-bond acceptors (Lipinski definition) is 4. The minimum atomic E-state index is 0. The van der Waals surface area contributed by atoms with Gasteiger partial charge in [0.05, 0.1) is 5.52 Å². The van der Waals surface area contributed by atoms with E-state index in [1.54, 1.807) is 6.07 Å². The van der Waals surface area contributed by atoms with Gasteiger partial charge in [0.1, 0.15) is 5.69 Å². The Balaban J connectivity index is 0.00000121. The first-order chi connectivity index (χ1) is 11.7. The number of carbonyl (C=O) groups excluding carboxylic acids is 1. The highest BCUT2D eigenvalue weighted by molar-refractivity contribution is 6.31. The van der Waals surface area contributed by atoms with Gasteiger partial charge in [-0.1, -0.05) is 23.7 Å². The van der Waals surface area contributed by atoms with Crippen LogP contribution in [0, 0.1) is 0 Å². The lowest BCUT2D eigenvalue weighted by Crippen LogP contribution is -2.49. The lowest BCUT2D eigenvalue weighted by molar-refractivity contribution is 0.0768. The monoisotopic (exact) mass is 416 g/mol. The largest absolute Gasteiger partial charge is 0.336 e. The molecule has 1 aromatic heterocycles. The van der Waals surface area contributed by atoms with Crippen LogP contribution in [0.25, 0.3) is 10.9 Å². The molecule has 2 saturated heterocycles. The number of halogens is 3. The molecule has 0 radical (unpaired) electrons. The van der Waals surface area contributed by atoms with E-state index in [2.05, 4.69) is 15.2 Å². The van der Waals surface area contributed by atoms with Gasteiger partial charge in [0.25, 0.3) is 5.91 Å². The van der Waals surface area contributed by atoms with Gasteiger partial charge < -0.3 is 10.2 Å². The van der Waals surface area contributed by atoms with Crippen LogP contribution in [0.3, 0.4) is 0 Å². The zero-order valence-corrected chi connectivity index (χ0v) is 16.7. The molecule has 2 aromatic rings. The summed E-state index contributed by atoms with van der Waals surface area (Å²) < 4.78 is 0. The summed E-state index contributed by atoms with van der Waals surface area (Å²) in [7, 11) is 0. The second-order valence-corrected chi connectivity index (χ2v) is 6.95. The standard InChI is InChI=1S/C18H21ClN4O.2ClH/c19-14-3-1-13-2-4-16(21-17(13)11-14)18(24)23-8-5-15(12-23)22-9-6-20-7-10-22;;/h1-4,11,15,20H,5-10,12H2;2*1H. The SMILES string of the molecule is Cl.Cl.O=C(c1ccc2ccc(Cl)cc2n1)N1CCC(N2CCNCC2)C1. The Morgan fingerprint density at radius 2 is 1.85 bits per heavy atom. The first kappa shape index (κ1) is 21.2. The summed E-state index contributed by atoms with van der Waals surface area (Å²) >= 11 is 6.04. The van der Waals surface area contributed by atoms with E-state index in [0.29, 0.717) is 16.8 Å². The Morgan fingerprint density at radius 1 is 1.12 bits per heavy atom. The summed E-state index contributed by atoms with van der Waals surface area (Å²) in [5.41, 5.74) is 1.27. The first-order valence-corrected chi connectivity index (χ1v) is 8.89. The summed E-state index contributed by atoms with van der Waals surface area (Å²) in [4.78, 5) is 21.8. The van der Waals surface area contributed by atoms with Gasteiger partial charge in [0, 0.05) is 55.7 Å². The molecule has 1 atom stereocenters. The average molecular weight is 418 g/mol. The molecule has 0 spiro atoms. The third kappa shape index (κ3) is 4.41. The molecule has 2 aliphatic rings. The van der Waals surface area contributed by atoms with Crippen LogP contribution >= 0.6 is 36.4 Å². The van der Waals surface area contributed by atoms with Crippen molar-refractivity contribution in [1.82, 2.24) is 20.1 Å². The normalized spacial score (nSPS) is 20.5. The molecular formula is C18H23Cl3N4O. The van der Waals surface area contributed by atoms with Crippen molar-refractivity contribution in [1.29, 1.82) is 0 Å². The number of rotatable bonds is 2. The lowest BCUT2D eigenvalue weighted by atomic mass is 10.2. The zero-order valence-electron chi connectivity index (χ0n) is 14.4. The van der Waals surface area contributed by atoms with Gasteiger partial charge in [-0.05, 0) is 24.6 Å². The second kappa shape index (κ2) is 9.20. The number of benzene rings is 1. The molecule has 0 aliphatic carbocycles. The molecule has 4 rings (SSSR count). The molecule has 0 saturated carbocycles. The highest BCUT2D eigenvalue weighted by Gasteiger charge is 2.31. The Hall–Kier alpha value is -1.11. The van der Waals surface area contributed by atoms with Gasteiger partial charge in [0.2, 0.25) is 0 Å². The van der Waals surface area contributed by atoms with Crippen molar-refractivity contribution in [2.24, 2.45) is 0 Å². The molecule has 8 heteroatoms. The zero-order chi connectivity index (χ0) is 16.5. The molecule has 0 bridgehead atoms. The molecule has 26 heavy (non-hydrogen) atoms. The number of pyridine rings is 1. The van der Waals surface area contributed by atoms with Gasteiger partial charge in [-0.15, -0.1) is 24.8 Å². The van der Waals surface area contributed by atoms with Gasteiger partial charge in [0.15, 0.2) is 0 Å². The highest BCUT2D eigenvalue weighted by atomic mass is 35.5. The third-order valence-corrected chi connectivity index (χ3v) is 5.23. The number of aromatic nitrogens is 1. The summed E-state index contributed by atoms with van der Waals surface area (Å²) in [6, 6.07) is 9.81. The Morgan fingerprint density at radius 3 is 2.62 bits per heavy atom. The average Bonchev–Trinajstić information content (AvgIpc) is 3.11. The van der Waals surface area contributed by atoms with Crippen LogP contribution < -0.4 is 5.32 Å². The summed E-state index contributed by atoms with van der Waals surface area (Å²) in [6.45, 7) is 5.82. The van der Waals surface area contributed by atoms with E-state index in [1.165, 1.54) is 0 Å². The fourth-order valence-corrected chi connectivity index (χ4v) is 3.81. The number of carbonyl (C=O) groups is 1. The van der Waals surface area contributed by atoms with E-state index in [-0.39, 0.29) is 30.7 Å². The predicted molar refractivity (Wildman–Crippen MR) is 110 cm³/mol. The maximum atomic E-state index is 12.8. The molecule has 5 nitrogen and oxygen atoms in total. The Labute approximate surface area is 170 Å². The van der Waals surface area contributed by atoms with Crippen molar-refractivity contribution in [3.05, 3.63) is 41.0 Å². The highest BCUT2D eigenvalue weighted by Crippen LogP contribution is 2.21. The number of nitrogens with one attached hydrogen (secondary N) is 1. The molecule has 1 aromatic carbocycles. The quantitative estimate of drug-likeness (QED) is 0.816. The third-order valence-electron chi connectivity index (χ3n) is 4.99. The van der Waals surface area contributed by atoms with Crippen LogP contribution in [0.5, 0.6) is 0 Å². The molecule has 1 unspecified atom stereocenters. The minimum Gasteiger partial charge on any atom is -0.336 e. The van der Waals surface area contributed by atoms with Crippen molar-refractivity contribution in [3.8, 4) is 0 Å². The van der Waals surface area contributed by atoms with Crippen molar-refractivity contribution in [2.45, 2.75) is 12.5 Å². The van der Waals surface area contributed by atoms with Gasteiger partial charge in [-0.25, -0.2) is 4.98 Å². The fraction of sp³-hybridized carbons (Fsp3) is 0.444. The van der Waals surface area contributed by atoms with E-state index in [4.69, 9.17) is 11.6 Å². The maximum absolute atomic E-state index is 12.8. The summed E-state index contributed by atoms with van der Waals surface area (Å²) in [6.07, 6.45) is 1.05. The number of hydrogen-bond donors (Lipinski definition) is 1. The van der Waals surface area contributed by atoms with Gasteiger partial charge in [-0.3, -0.25) is 9.69 Å². The molecule has 3 heterocycles. The van der Waals surface area contributed by atoms with Gasteiger partial charge in [-0.2, -0.15) is 0 Å². The van der Waals surface area contributed by atoms with Crippen LogP contribution in [0.4, 0.5) is 0 Å². The van der Waals surface area contributed by atoms with Crippen LogP contribution in [-0.2, 0) is 0 Å². The smallest absolute Gasteiger partial charge is 0.272 e. The maximum Gasteiger partial charge on any atom is 0.272 e. The van der Waals surface area contributed by atoms with Crippen molar-refractivity contribution in [3.63, 3.8) is 0 Å². The van der Waals surface area contributed by atoms with Crippen LogP contribution in [0.1, 0.15) is 16.9 Å². The fourth-order valence-electron chi connectivity index (χ4n) is 3.64. The first-order valence-electron chi connectivity index (χ1n) is 8.51. The van der Waals surface area contributed by atoms with E-state index >= 15 is 0 Å². The van der Waals surface area contributed by atoms with Gasteiger partial charge >= 0.3 is 0 Å². The number of nitrogens with zero attached hydrogens (tertiary/aromatic N) is 3. The second-order valence-electron chi connectivity index (χ2n) is 6.51. The number of likely N-dealkylation sites (tertiary alicyclic amines) is 1. The number of amides is 1. The molecular weight excluding hydrogens is 395 g/mol. The lowest BCUT2D eigenvalue weighted by Gasteiger charge is -2.32. The van der Waals surface area contributed by atoms with Crippen molar-refractivity contribution in [2.75, 3.05) is 39.3 Å². The molecule has 2 fully saturated rings. The Bertz CT molecular complexity index is 767. The summed E-state index contributed by atoms with van der Waals surface area (Å²) in [5, 5.41) is 5.01. The minimum absolute atomic E-state index is 0. The van der Waals surface area contributed by atoms with E-state index in [1.807, 2.05) is 29.2 Å². The van der Waals surface area contributed by atoms with Crippen LogP contribution in [0.15, 0.2) is 30.3 Å². The molecule has 1 N–H and O–H groups in total. The molecule has 142 valence electrons. The van der Waals surface area contributed by atoms with Crippen LogP contribution in [0.2, 0.25) is 5.02 Å². The van der Waals surface area contributed by atoms with E-state index in [0.717, 1.165) is 56.6 Å². The molecule has 1 amide bonds. The predicted octanol–water partition coefficient (Wildman–Crippen LogP) is 2.85.